The van der Waals surface area contributed by atoms with Crippen molar-refractivity contribution in [1.29, 1.82) is 0 Å². The zero-order valence-electron chi connectivity index (χ0n) is 15.1. The minimum absolute atomic E-state index is 0.0224. The molecule has 0 aliphatic carbocycles. The number of methoxy groups -OCH3 is 1. The van der Waals surface area contributed by atoms with Crippen molar-refractivity contribution < 1.29 is 9.66 Å². The van der Waals surface area contributed by atoms with Gasteiger partial charge in [0.1, 0.15) is 11.6 Å². The molecule has 0 aliphatic rings. The maximum atomic E-state index is 10.9. The second-order valence-electron chi connectivity index (χ2n) is 6.23. The van der Waals surface area contributed by atoms with Crippen molar-refractivity contribution in [3.8, 4) is 17.1 Å². The Labute approximate surface area is 160 Å². The van der Waals surface area contributed by atoms with E-state index in [9.17, 15) is 10.1 Å². The van der Waals surface area contributed by atoms with E-state index in [-0.39, 0.29) is 5.69 Å². The second kappa shape index (κ2) is 6.99. The molecule has 2 aromatic heterocycles. The zero-order chi connectivity index (χ0) is 19.7. The highest BCUT2D eigenvalue weighted by Crippen LogP contribution is 2.27. The van der Waals surface area contributed by atoms with Crippen molar-refractivity contribution in [2.24, 2.45) is 0 Å². The monoisotopic (exact) mass is 375 g/mol. The third-order valence-corrected chi connectivity index (χ3v) is 4.52. The fourth-order valence-electron chi connectivity index (χ4n) is 3.12. The smallest absolute Gasteiger partial charge is 0.269 e. The Kier molecular flexibility index (Phi) is 4.36. The lowest BCUT2D eigenvalue weighted by molar-refractivity contribution is -0.384. The standard InChI is InChI=1S/C20H17N5O3/c1-28-16-8-2-13(3-9-16)12-17-18-10-11-22-20(21)24(18)19(23-17)14-4-6-15(7-5-14)25(26)27/h2-11H,12H2,1H3,(H2,21,22). The maximum Gasteiger partial charge on any atom is 0.269 e. The number of hydrogen-bond acceptors (Lipinski definition) is 6. The summed E-state index contributed by atoms with van der Waals surface area (Å²) in [6.45, 7) is 0. The zero-order valence-corrected chi connectivity index (χ0v) is 15.1. The molecule has 0 saturated heterocycles. The first-order chi connectivity index (χ1) is 13.6. The van der Waals surface area contributed by atoms with E-state index in [1.165, 1.54) is 12.1 Å². The highest BCUT2D eigenvalue weighted by Gasteiger charge is 2.16. The van der Waals surface area contributed by atoms with E-state index < -0.39 is 4.92 Å². The van der Waals surface area contributed by atoms with Crippen LogP contribution < -0.4 is 10.5 Å². The van der Waals surface area contributed by atoms with Crippen LogP contribution in [-0.2, 0) is 6.42 Å². The number of nitrogens with zero attached hydrogens (tertiary/aromatic N) is 4. The minimum Gasteiger partial charge on any atom is -0.497 e. The Balaban J connectivity index is 1.80. The third-order valence-electron chi connectivity index (χ3n) is 4.52. The molecule has 0 aliphatic heterocycles. The molecule has 8 heteroatoms. The number of imidazole rings is 1. The van der Waals surface area contributed by atoms with Gasteiger partial charge in [-0.3, -0.25) is 14.5 Å². The highest BCUT2D eigenvalue weighted by molar-refractivity contribution is 5.69. The van der Waals surface area contributed by atoms with Gasteiger partial charge in [-0.25, -0.2) is 9.97 Å². The lowest BCUT2D eigenvalue weighted by Gasteiger charge is -2.04. The molecule has 0 fully saturated rings. The molecule has 0 radical (unpaired) electrons. The molecule has 4 aromatic rings. The van der Waals surface area contributed by atoms with E-state index in [4.69, 9.17) is 15.5 Å². The quantitative estimate of drug-likeness (QED) is 0.422. The van der Waals surface area contributed by atoms with Crippen LogP contribution in [0.4, 0.5) is 11.6 Å². The number of ether oxygens (including phenoxy) is 1. The second-order valence-corrected chi connectivity index (χ2v) is 6.23. The van der Waals surface area contributed by atoms with E-state index in [2.05, 4.69) is 4.98 Å². The molecule has 0 bridgehead atoms. The fraction of sp³-hybridized carbons (Fsp3) is 0.100. The maximum absolute atomic E-state index is 10.9. The molecule has 0 spiro atoms. The van der Waals surface area contributed by atoms with Gasteiger partial charge in [0, 0.05) is 30.3 Å². The molecule has 2 heterocycles. The third kappa shape index (κ3) is 3.11. The summed E-state index contributed by atoms with van der Waals surface area (Å²) in [5, 5.41) is 10.9. The van der Waals surface area contributed by atoms with Gasteiger partial charge in [-0.05, 0) is 35.9 Å². The fourth-order valence-corrected chi connectivity index (χ4v) is 3.12. The first-order valence-electron chi connectivity index (χ1n) is 8.56. The summed E-state index contributed by atoms with van der Waals surface area (Å²) in [6.07, 6.45) is 2.24. The number of benzene rings is 2. The molecule has 28 heavy (non-hydrogen) atoms. The number of anilines is 1. The van der Waals surface area contributed by atoms with Gasteiger partial charge in [0.15, 0.2) is 0 Å². The van der Waals surface area contributed by atoms with Gasteiger partial charge in [-0.2, -0.15) is 0 Å². The van der Waals surface area contributed by atoms with Crippen LogP contribution in [0.15, 0.2) is 60.8 Å². The van der Waals surface area contributed by atoms with Crippen molar-refractivity contribution in [2.45, 2.75) is 6.42 Å². The first kappa shape index (κ1) is 17.5. The summed E-state index contributed by atoms with van der Waals surface area (Å²) in [6, 6.07) is 15.9. The molecule has 0 atom stereocenters. The van der Waals surface area contributed by atoms with Crippen molar-refractivity contribution in [3.05, 3.63) is 82.2 Å². The van der Waals surface area contributed by atoms with Crippen molar-refractivity contribution in [2.75, 3.05) is 12.8 Å². The normalized spacial score (nSPS) is 10.9. The van der Waals surface area contributed by atoms with Crippen molar-refractivity contribution in [3.63, 3.8) is 0 Å². The molecule has 4 rings (SSSR count). The van der Waals surface area contributed by atoms with Crippen LogP contribution in [0.25, 0.3) is 16.9 Å². The largest absolute Gasteiger partial charge is 0.497 e. The molecule has 0 amide bonds. The summed E-state index contributed by atoms with van der Waals surface area (Å²) < 4.78 is 6.97. The van der Waals surface area contributed by atoms with Gasteiger partial charge >= 0.3 is 0 Å². The summed E-state index contributed by atoms with van der Waals surface area (Å²) in [7, 11) is 1.63. The summed E-state index contributed by atoms with van der Waals surface area (Å²) >= 11 is 0. The number of nitro groups is 1. The highest BCUT2D eigenvalue weighted by atomic mass is 16.6. The van der Waals surface area contributed by atoms with Crippen LogP contribution in [0.3, 0.4) is 0 Å². The van der Waals surface area contributed by atoms with Crippen LogP contribution in [0, 0.1) is 10.1 Å². The number of nitro benzene ring substituents is 1. The predicted molar refractivity (Wildman–Crippen MR) is 105 cm³/mol. The van der Waals surface area contributed by atoms with E-state index in [0.717, 1.165) is 28.1 Å². The van der Waals surface area contributed by atoms with Crippen LogP contribution >= 0.6 is 0 Å². The number of aromatic nitrogens is 3. The molecule has 8 nitrogen and oxygen atoms in total. The van der Waals surface area contributed by atoms with Gasteiger partial charge in [-0.15, -0.1) is 0 Å². The van der Waals surface area contributed by atoms with Crippen LogP contribution in [0.5, 0.6) is 5.75 Å². The molecule has 0 unspecified atom stereocenters. The lowest BCUT2D eigenvalue weighted by atomic mass is 10.1. The molecular weight excluding hydrogens is 358 g/mol. The van der Waals surface area contributed by atoms with Gasteiger partial charge in [0.2, 0.25) is 5.95 Å². The summed E-state index contributed by atoms with van der Waals surface area (Å²) in [5.74, 6) is 1.69. The van der Waals surface area contributed by atoms with E-state index in [0.29, 0.717) is 18.2 Å². The summed E-state index contributed by atoms with van der Waals surface area (Å²) in [5.41, 5.74) is 9.61. The van der Waals surface area contributed by atoms with Crippen LogP contribution in [-0.4, -0.2) is 26.4 Å². The molecule has 2 N–H and O–H groups in total. The molecular formula is C20H17N5O3. The Bertz CT molecular complexity index is 1150. The Morgan fingerprint density at radius 3 is 2.46 bits per heavy atom. The van der Waals surface area contributed by atoms with Gasteiger partial charge in [0.25, 0.3) is 5.69 Å². The number of nitrogens with two attached hydrogens (primary N) is 1. The van der Waals surface area contributed by atoms with E-state index in [1.54, 1.807) is 29.8 Å². The first-order valence-corrected chi connectivity index (χ1v) is 8.56. The number of hydrogen-bond donors (Lipinski definition) is 1. The van der Waals surface area contributed by atoms with Crippen molar-refractivity contribution in [1.82, 2.24) is 14.4 Å². The van der Waals surface area contributed by atoms with Crippen LogP contribution in [0.2, 0.25) is 0 Å². The average molecular weight is 375 g/mol. The number of rotatable bonds is 5. The van der Waals surface area contributed by atoms with Gasteiger partial charge in [-0.1, -0.05) is 12.1 Å². The Morgan fingerprint density at radius 1 is 1.11 bits per heavy atom. The molecule has 140 valence electrons. The lowest BCUT2D eigenvalue weighted by Crippen LogP contribution is -2.01. The number of non-ortho nitro benzene ring substituents is 1. The van der Waals surface area contributed by atoms with Gasteiger partial charge < -0.3 is 10.5 Å². The number of nitrogen functional groups attached to an aromatic ring is 1. The van der Waals surface area contributed by atoms with E-state index in [1.807, 2.05) is 30.3 Å². The Morgan fingerprint density at radius 2 is 1.82 bits per heavy atom. The van der Waals surface area contributed by atoms with Gasteiger partial charge in [0.05, 0.1) is 23.2 Å². The predicted octanol–water partition coefficient (Wildman–Crippen LogP) is 3.49. The summed E-state index contributed by atoms with van der Waals surface area (Å²) in [4.78, 5) is 19.4. The number of fused-ring (bicyclic) bond motifs is 1. The average Bonchev–Trinajstić information content (AvgIpc) is 3.08. The molecule has 0 saturated carbocycles. The van der Waals surface area contributed by atoms with Crippen molar-refractivity contribution >= 4 is 17.2 Å². The minimum atomic E-state index is -0.432. The van der Waals surface area contributed by atoms with E-state index >= 15 is 0 Å². The SMILES string of the molecule is COc1ccc(Cc2nc(-c3ccc([N+](=O)[O-])cc3)n3c(N)nccc23)cc1. The Hall–Kier alpha value is -3.94. The topological polar surface area (TPSA) is 109 Å². The molecule has 2 aromatic carbocycles. The van der Waals surface area contributed by atoms with Crippen LogP contribution in [0.1, 0.15) is 11.3 Å².